The zero-order chi connectivity index (χ0) is 17.9. The number of fused-ring (bicyclic) bond motifs is 1. The molecule has 1 fully saturated rings. The number of rotatable bonds is 4. The third-order valence-corrected chi connectivity index (χ3v) is 5.36. The van der Waals surface area contributed by atoms with Crippen LogP contribution in [0.2, 0.25) is 0 Å². The van der Waals surface area contributed by atoms with E-state index in [-0.39, 0.29) is 5.91 Å². The average molecular weight is 347 g/mol. The van der Waals surface area contributed by atoms with E-state index in [0.29, 0.717) is 6.42 Å². The molecule has 1 saturated heterocycles. The largest absolute Gasteiger partial charge is 0.346 e. The number of aromatic nitrogens is 1. The molecule has 0 radical (unpaired) electrons. The number of carbonyl (C=O) groups excluding carboxylic acids is 1. The minimum absolute atomic E-state index is 0.237. The summed E-state index contributed by atoms with van der Waals surface area (Å²) >= 11 is 0. The first-order valence-corrected chi connectivity index (χ1v) is 9.28. The number of piperazine rings is 1. The van der Waals surface area contributed by atoms with Crippen LogP contribution in [0.25, 0.3) is 10.9 Å². The Morgan fingerprint density at radius 3 is 2.35 bits per heavy atom. The number of nitrogens with zero attached hydrogens (tertiary/aromatic N) is 3. The second kappa shape index (κ2) is 7.34. The van der Waals surface area contributed by atoms with Crippen LogP contribution in [0.4, 0.5) is 0 Å². The van der Waals surface area contributed by atoms with Gasteiger partial charge in [-0.1, -0.05) is 48.5 Å². The molecule has 0 atom stereocenters. The summed E-state index contributed by atoms with van der Waals surface area (Å²) in [5.74, 6) is 0.237. The molecule has 0 aliphatic carbocycles. The van der Waals surface area contributed by atoms with Gasteiger partial charge in [0.15, 0.2) is 0 Å². The summed E-state index contributed by atoms with van der Waals surface area (Å²) in [6.45, 7) is 4.43. The smallest absolute Gasteiger partial charge is 0.227 e. The molecule has 26 heavy (non-hydrogen) atoms. The van der Waals surface area contributed by atoms with Gasteiger partial charge in [0.05, 0.1) is 6.42 Å². The lowest BCUT2D eigenvalue weighted by Gasteiger charge is -2.34. The molecule has 2 heterocycles. The summed E-state index contributed by atoms with van der Waals surface area (Å²) in [5, 5.41) is 1.29. The van der Waals surface area contributed by atoms with Crippen molar-refractivity contribution in [2.75, 3.05) is 26.2 Å². The number of amides is 1. The Labute approximate surface area is 154 Å². The van der Waals surface area contributed by atoms with E-state index in [1.54, 1.807) is 0 Å². The monoisotopic (exact) mass is 347 g/mol. The Hall–Kier alpha value is -2.59. The SMILES string of the molecule is Cn1c(CN2CCN(C(=O)Cc3ccccc3)CC2)cc2ccccc21. The molecule has 0 N–H and O–H groups in total. The Bertz CT molecular complexity index is 892. The summed E-state index contributed by atoms with van der Waals surface area (Å²) in [7, 11) is 2.14. The van der Waals surface area contributed by atoms with Crippen LogP contribution in [0.5, 0.6) is 0 Å². The van der Waals surface area contributed by atoms with Crippen LogP contribution in [-0.2, 0) is 24.8 Å². The molecule has 1 aromatic heterocycles. The van der Waals surface area contributed by atoms with E-state index in [1.807, 2.05) is 35.2 Å². The quantitative estimate of drug-likeness (QED) is 0.726. The Balaban J connectivity index is 1.34. The Morgan fingerprint density at radius 2 is 1.62 bits per heavy atom. The van der Waals surface area contributed by atoms with E-state index in [1.165, 1.54) is 16.6 Å². The molecule has 1 amide bonds. The van der Waals surface area contributed by atoms with Crippen LogP contribution in [0.15, 0.2) is 60.7 Å². The van der Waals surface area contributed by atoms with Crippen molar-refractivity contribution in [2.45, 2.75) is 13.0 Å². The zero-order valence-corrected chi connectivity index (χ0v) is 15.3. The van der Waals surface area contributed by atoms with Gasteiger partial charge in [0.1, 0.15) is 0 Å². The summed E-state index contributed by atoms with van der Waals surface area (Å²) in [6.07, 6.45) is 0.504. The minimum atomic E-state index is 0.237. The topological polar surface area (TPSA) is 28.5 Å². The fraction of sp³-hybridized carbons (Fsp3) is 0.318. The molecule has 4 nitrogen and oxygen atoms in total. The average Bonchev–Trinajstić information content (AvgIpc) is 2.99. The normalized spacial score (nSPS) is 15.5. The maximum absolute atomic E-state index is 12.5. The Kier molecular flexibility index (Phi) is 4.76. The van der Waals surface area contributed by atoms with Gasteiger partial charge in [-0.3, -0.25) is 9.69 Å². The molecule has 0 saturated carbocycles. The van der Waals surface area contributed by atoms with Crippen LogP contribution in [0, 0.1) is 0 Å². The van der Waals surface area contributed by atoms with Gasteiger partial charge in [-0.2, -0.15) is 0 Å². The van der Waals surface area contributed by atoms with Gasteiger partial charge in [0, 0.05) is 51.0 Å². The molecule has 1 aliphatic heterocycles. The highest BCUT2D eigenvalue weighted by Gasteiger charge is 2.22. The minimum Gasteiger partial charge on any atom is -0.346 e. The number of carbonyl (C=O) groups is 1. The van der Waals surface area contributed by atoms with E-state index in [4.69, 9.17) is 0 Å². The van der Waals surface area contributed by atoms with Crippen molar-refractivity contribution < 1.29 is 4.79 Å². The van der Waals surface area contributed by atoms with Gasteiger partial charge >= 0.3 is 0 Å². The number of benzene rings is 2. The fourth-order valence-corrected chi connectivity index (χ4v) is 3.76. The summed E-state index contributed by atoms with van der Waals surface area (Å²) in [4.78, 5) is 17.0. The number of hydrogen-bond donors (Lipinski definition) is 0. The first kappa shape index (κ1) is 16.9. The van der Waals surface area contributed by atoms with Crippen molar-refractivity contribution >= 4 is 16.8 Å². The Morgan fingerprint density at radius 1 is 0.923 bits per heavy atom. The molecule has 0 unspecified atom stereocenters. The van der Waals surface area contributed by atoms with Crippen molar-refractivity contribution in [1.82, 2.24) is 14.4 Å². The van der Waals surface area contributed by atoms with Crippen LogP contribution in [0.3, 0.4) is 0 Å². The van der Waals surface area contributed by atoms with Gasteiger partial charge in [-0.05, 0) is 23.1 Å². The van der Waals surface area contributed by atoms with E-state index in [2.05, 4.69) is 46.8 Å². The maximum Gasteiger partial charge on any atom is 0.227 e. The van der Waals surface area contributed by atoms with Crippen molar-refractivity contribution in [3.05, 3.63) is 71.9 Å². The predicted octanol–water partition coefficient (Wildman–Crippen LogP) is 3.07. The van der Waals surface area contributed by atoms with Crippen LogP contribution >= 0.6 is 0 Å². The molecule has 1 aliphatic rings. The fourth-order valence-electron chi connectivity index (χ4n) is 3.76. The van der Waals surface area contributed by atoms with Crippen molar-refractivity contribution in [3.63, 3.8) is 0 Å². The molecule has 134 valence electrons. The summed E-state index contributed by atoms with van der Waals surface area (Å²) in [5.41, 5.74) is 3.70. The molecule has 4 heteroatoms. The lowest BCUT2D eigenvalue weighted by atomic mass is 10.1. The first-order valence-electron chi connectivity index (χ1n) is 9.28. The highest BCUT2D eigenvalue weighted by molar-refractivity contribution is 5.81. The number of para-hydroxylation sites is 1. The van der Waals surface area contributed by atoms with Gasteiger partial charge in [-0.25, -0.2) is 0 Å². The third-order valence-electron chi connectivity index (χ3n) is 5.36. The zero-order valence-electron chi connectivity index (χ0n) is 15.3. The lowest BCUT2D eigenvalue weighted by Crippen LogP contribution is -2.48. The predicted molar refractivity (Wildman–Crippen MR) is 105 cm³/mol. The van der Waals surface area contributed by atoms with E-state index in [9.17, 15) is 4.79 Å². The number of aryl methyl sites for hydroxylation is 1. The van der Waals surface area contributed by atoms with E-state index >= 15 is 0 Å². The highest BCUT2D eigenvalue weighted by Crippen LogP contribution is 2.20. The van der Waals surface area contributed by atoms with Gasteiger partial charge in [0.25, 0.3) is 0 Å². The second-order valence-corrected chi connectivity index (χ2v) is 7.07. The molecule has 4 rings (SSSR count). The molecular weight excluding hydrogens is 322 g/mol. The van der Waals surface area contributed by atoms with Gasteiger partial charge in [0.2, 0.25) is 5.91 Å². The lowest BCUT2D eigenvalue weighted by molar-refractivity contribution is -0.132. The van der Waals surface area contributed by atoms with E-state index < -0.39 is 0 Å². The first-order chi connectivity index (χ1) is 12.7. The molecule has 2 aromatic carbocycles. The maximum atomic E-state index is 12.5. The van der Waals surface area contributed by atoms with Crippen LogP contribution in [0.1, 0.15) is 11.3 Å². The summed E-state index contributed by atoms with van der Waals surface area (Å²) < 4.78 is 2.28. The number of hydrogen-bond acceptors (Lipinski definition) is 2. The van der Waals surface area contributed by atoms with E-state index in [0.717, 1.165) is 38.3 Å². The molecule has 0 spiro atoms. The second-order valence-electron chi connectivity index (χ2n) is 7.07. The standard InChI is InChI=1S/C22H25N3O/c1-23-20(16-19-9-5-6-10-21(19)23)17-24-11-13-25(14-12-24)22(26)15-18-7-3-2-4-8-18/h2-10,16H,11-15,17H2,1H3. The van der Waals surface area contributed by atoms with Gasteiger partial charge < -0.3 is 9.47 Å². The van der Waals surface area contributed by atoms with Gasteiger partial charge in [-0.15, -0.1) is 0 Å². The highest BCUT2D eigenvalue weighted by atomic mass is 16.2. The van der Waals surface area contributed by atoms with Crippen molar-refractivity contribution in [3.8, 4) is 0 Å². The van der Waals surface area contributed by atoms with Crippen LogP contribution in [-0.4, -0.2) is 46.5 Å². The molecule has 0 bridgehead atoms. The third kappa shape index (κ3) is 3.51. The van der Waals surface area contributed by atoms with Crippen molar-refractivity contribution in [2.24, 2.45) is 7.05 Å². The van der Waals surface area contributed by atoms with Crippen molar-refractivity contribution in [1.29, 1.82) is 0 Å². The molecule has 3 aromatic rings. The molecular formula is C22H25N3O. The van der Waals surface area contributed by atoms with Crippen LogP contribution < -0.4 is 0 Å². The summed E-state index contributed by atoms with van der Waals surface area (Å²) in [6, 6.07) is 20.8.